The van der Waals surface area contributed by atoms with Crippen LogP contribution in [0.3, 0.4) is 0 Å². The summed E-state index contributed by atoms with van der Waals surface area (Å²) >= 11 is 0. The van der Waals surface area contributed by atoms with Gasteiger partial charge in [-0.3, -0.25) is 9.78 Å². The molecule has 0 radical (unpaired) electrons. The monoisotopic (exact) mass is 241 g/mol. The number of hydrogen-bond donors (Lipinski definition) is 0. The van der Waals surface area contributed by atoms with Crippen LogP contribution in [0, 0.1) is 5.92 Å². The van der Waals surface area contributed by atoms with Crippen molar-refractivity contribution in [3.8, 4) is 0 Å². The number of carbonyl (C=O) groups excluding carboxylic acids is 1. The average Bonchev–Trinajstić information content (AvgIpc) is 2.47. The van der Waals surface area contributed by atoms with Gasteiger partial charge in [-0.15, -0.1) is 0 Å². The Kier molecular flexibility index (Phi) is 3.07. The topological polar surface area (TPSA) is 39.2 Å². The second-order valence-corrected chi connectivity index (χ2v) is 4.63. The molecule has 0 aliphatic carbocycles. The highest BCUT2D eigenvalue weighted by Gasteiger charge is 2.23. The van der Waals surface area contributed by atoms with E-state index < -0.39 is 0 Å². The number of fused-ring (bicyclic) bond motifs is 1. The molecule has 0 N–H and O–H groups in total. The molecule has 3 nitrogen and oxygen atoms in total. The van der Waals surface area contributed by atoms with Crippen LogP contribution < -0.4 is 0 Å². The van der Waals surface area contributed by atoms with Crippen LogP contribution in [0.25, 0.3) is 10.9 Å². The van der Waals surface area contributed by atoms with E-state index in [0.717, 1.165) is 29.3 Å². The molecule has 18 heavy (non-hydrogen) atoms. The summed E-state index contributed by atoms with van der Waals surface area (Å²) in [4.78, 5) is 16.8. The van der Waals surface area contributed by atoms with E-state index in [9.17, 15) is 4.79 Å². The van der Waals surface area contributed by atoms with Gasteiger partial charge in [-0.25, -0.2) is 0 Å². The van der Waals surface area contributed by atoms with Gasteiger partial charge in [0.25, 0.3) is 0 Å². The highest BCUT2D eigenvalue weighted by Crippen LogP contribution is 2.24. The van der Waals surface area contributed by atoms with Gasteiger partial charge in [0.05, 0.1) is 5.52 Å². The molecule has 0 atom stereocenters. The lowest BCUT2D eigenvalue weighted by Gasteiger charge is -2.21. The van der Waals surface area contributed by atoms with Crippen molar-refractivity contribution in [2.24, 2.45) is 5.92 Å². The predicted molar refractivity (Wildman–Crippen MR) is 69.6 cm³/mol. The summed E-state index contributed by atoms with van der Waals surface area (Å²) < 4.78 is 5.31. The third-order valence-electron chi connectivity index (χ3n) is 3.51. The molecule has 0 bridgehead atoms. The first kappa shape index (κ1) is 11.4. The molecule has 2 aromatic rings. The predicted octanol–water partition coefficient (Wildman–Crippen LogP) is 2.84. The van der Waals surface area contributed by atoms with Gasteiger partial charge in [-0.05, 0) is 25.0 Å². The summed E-state index contributed by atoms with van der Waals surface area (Å²) in [5.74, 6) is 0.335. The second-order valence-electron chi connectivity index (χ2n) is 4.63. The smallest absolute Gasteiger partial charge is 0.166 e. The van der Waals surface area contributed by atoms with Crippen LogP contribution in [0.15, 0.2) is 36.5 Å². The molecular formula is C15H15NO2. The minimum atomic E-state index is 0.101. The maximum Gasteiger partial charge on any atom is 0.166 e. The third kappa shape index (κ3) is 2.02. The van der Waals surface area contributed by atoms with Crippen LogP contribution in [0.2, 0.25) is 0 Å². The van der Waals surface area contributed by atoms with Crippen LogP contribution in [0.1, 0.15) is 23.2 Å². The first-order valence-corrected chi connectivity index (χ1v) is 6.32. The van der Waals surface area contributed by atoms with Gasteiger partial charge in [0, 0.05) is 36.3 Å². The minimum absolute atomic E-state index is 0.101. The van der Waals surface area contributed by atoms with Crippen LogP contribution in [-0.4, -0.2) is 24.0 Å². The number of ether oxygens (including phenoxy) is 1. The van der Waals surface area contributed by atoms with Gasteiger partial charge < -0.3 is 4.74 Å². The Bertz CT molecular complexity index is 568. The SMILES string of the molecule is O=C(c1ccnc2ccccc12)C1CCOCC1. The Hall–Kier alpha value is -1.74. The third-order valence-corrected chi connectivity index (χ3v) is 3.51. The number of ketones is 1. The fourth-order valence-electron chi connectivity index (χ4n) is 2.49. The highest BCUT2D eigenvalue weighted by molar-refractivity contribution is 6.08. The van der Waals surface area contributed by atoms with Crippen molar-refractivity contribution in [3.05, 3.63) is 42.1 Å². The van der Waals surface area contributed by atoms with Gasteiger partial charge in [0.1, 0.15) is 0 Å². The van der Waals surface area contributed by atoms with E-state index in [1.54, 1.807) is 6.20 Å². The molecule has 1 aliphatic heterocycles. The molecule has 3 rings (SSSR count). The Morgan fingerprint density at radius 1 is 1.17 bits per heavy atom. The number of pyridine rings is 1. The minimum Gasteiger partial charge on any atom is -0.381 e. The Labute approximate surface area is 106 Å². The van der Waals surface area contributed by atoms with Gasteiger partial charge in [0.15, 0.2) is 5.78 Å². The first-order chi connectivity index (χ1) is 8.86. The van der Waals surface area contributed by atoms with E-state index >= 15 is 0 Å². The molecule has 92 valence electrons. The fraction of sp³-hybridized carbons (Fsp3) is 0.333. The molecule has 3 heteroatoms. The Morgan fingerprint density at radius 3 is 2.78 bits per heavy atom. The molecule has 0 unspecified atom stereocenters. The highest BCUT2D eigenvalue weighted by atomic mass is 16.5. The summed E-state index contributed by atoms with van der Waals surface area (Å²) in [6.07, 6.45) is 3.37. The van der Waals surface area contributed by atoms with Crippen molar-refractivity contribution < 1.29 is 9.53 Å². The molecule has 0 saturated carbocycles. The Morgan fingerprint density at radius 2 is 1.94 bits per heavy atom. The lowest BCUT2D eigenvalue weighted by Crippen LogP contribution is -2.23. The van der Waals surface area contributed by atoms with Gasteiger partial charge in [0.2, 0.25) is 0 Å². The van der Waals surface area contributed by atoms with E-state index in [0.29, 0.717) is 13.2 Å². The standard InChI is InChI=1S/C15H15NO2/c17-15(11-6-9-18-10-7-11)13-5-8-16-14-4-2-1-3-12(13)14/h1-5,8,11H,6-7,9-10H2. The van der Waals surface area contributed by atoms with Crippen molar-refractivity contribution in [3.63, 3.8) is 0 Å². The average molecular weight is 241 g/mol. The van der Waals surface area contributed by atoms with Crippen molar-refractivity contribution in [1.29, 1.82) is 0 Å². The number of para-hydroxylation sites is 1. The summed E-state index contributed by atoms with van der Waals surface area (Å²) in [7, 11) is 0. The number of nitrogens with zero attached hydrogens (tertiary/aromatic N) is 1. The maximum atomic E-state index is 12.5. The number of Topliss-reactive ketones (excluding diaryl/α,β-unsaturated/α-hetero) is 1. The zero-order chi connectivity index (χ0) is 12.4. The molecule has 1 fully saturated rings. The van der Waals surface area contributed by atoms with Crippen molar-refractivity contribution in [2.45, 2.75) is 12.8 Å². The lowest BCUT2D eigenvalue weighted by molar-refractivity contribution is 0.0546. The van der Waals surface area contributed by atoms with Crippen molar-refractivity contribution in [2.75, 3.05) is 13.2 Å². The molecule has 0 spiro atoms. The van der Waals surface area contributed by atoms with E-state index in [2.05, 4.69) is 4.98 Å². The lowest BCUT2D eigenvalue weighted by atomic mass is 9.89. The molecule has 1 aromatic carbocycles. The van der Waals surface area contributed by atoms with Crippen molar-refractivity contribution in [1.82, 2.24) is 4.98 Å². The van der Waals surface area contributed by atoms with E-state index in [-0.39, 0.29) is 11.7 Å². The summed E-state index contributed by atoms with van der Waals surface area (Å²) in [5, 5.41) is 0.955. The number of hydrogen-bond acceptors (Lipinski definition) is 3. The summed E-state index contributed by atoms with van der Waals surface area (Å²) in [6, 6.07) is 9.63. The molecule has 1 aliphatic rings. The van der Waals surface area contributed by atoms with Crippen molar-refractivity contribution >= 4 is 16.7 Å². The zero-order valence-electron chi connectivity index (χ0n) is 10.1. The number of rotatable bonds is 2. The summed E-state index contributed by atoms with van der Waals surface area (Å²) in [6.45, 7) is 1.39. The molecule has 1 saturated heterocycles. The van der Waals surface area contributed by atoms with E-state index in [1.165, 1.54) is 0 Å². The Balaban J connectivity index is 2.00. The first-order valence-electron chi connectivity index (χ1n) is 6.32. The largest absolute Gasteiger partial charge is 0.381 e. The van der Waals surface area contributed by atoms with E-state index in [4.69, 9.17) is 4.74 Å². The van der Waals surface area contributed by atoms with Gasteiger partial charge in [-0.1, -0.05) is 18.2 Å². The summed E-state index contributed by atoms with van der Waals surface area (Å²) in [5.41, 5.74) is 1.68. The number of aromatic nitrogens is 1. The quantitative estimate of drug-likeness (QED) is 0.759. The normalized spacial score (nSPS) is 16.9. The molecule has 1 aromatic heterocycles. The maximum absolute atomic E-state index is 12.5. The van der Waals surface area contributed by atoms with E-state index in [1.807, 2.05) is 30.3 Å². The molecular weight excluding hydrogens is 226 g/mol. The molecule has 0 amide bonds. The van der Waals surface area contributed by atoms with Crippen LogP contribution in [-0.2, 0) is 4.74 Å². The fourth-order valence-corrected chi connectivity index (χ4v) is 2.49. The number of benzene rings is 1. The van der Waals surface area contributed by atoms with Gasteiger partial charge in [-0.2, -0.15) is 0 Å². The zero-order valence-corrected chi connectivity index (χ0v) is 10.1. The van der Waals surface area contributed by atoms with Crippen LogP contribution >= 0.6 is 0 Å². The van der Waals surface area contributed by atoms with Crippen LogP contribution in [0.4, 0.5) is 0 Å². The number of carbonyl (C=O) groups is 1. The molecule has 2 heterocycles. The van der Waals surface area contributed by atoms with Crippen LogP contribution in [0.5, 0.6) is 0 Å². The van der Waals surface area contributed by atoms with Gasteiger partial charge >= 0.3 is 0 Å². The second kappa shape index (κ2) is 4.86.